The zero-order valence-electron chi connectivity index (χ0n) is 10.4. The number of hydrogen-bond acceptors (Lipinski definition) is 1. The van der Waals surface area contributed by atoms with E-state index in [1.54, 1.807) is 0 Å². The Balaban J connectivity index is 0.00000128. The van der Waals surface area contributed by atoms with Crippen LogP contribution in [0.1, 0.15) is 39.0 Å². The molecule has 0 unspecified atom stereocenters. The molecule has 2 aliphatic rings. The van der Waals surface area contributed by atoms with Gasteiger partial charge in [-0.25, -0.2) is 0 Å². The fourth-order valence-electron chi connectivity index (χ4n) is 2.31. The lowest BCUT2D eigenvalue weighted by molar-refractivity contribution is 0.431. The van der Waals surface area contributed by atoms with Gasteiger partial charge < -0.3 is 10.6 Å². The number of hydrogen-bond donors (Lipinski definition) is 2. The minimum atomic E-state index is 0. The van der Waals surface area contributed by atoms with E-state index < -0.39 is 0 Å². The molecule has 0 atom stereocenters. The first kappa shape index (κ1) is 14.1. The van der Waals surface area contributed by atoms with Crippen LogP contribution in [-0.2, 0) is 0 Å². The largest absolute Gasteiger partial charge is 0.356 e. The van der Waals surface area contributed by atoms with E-state index in [1.807, 2.05) is 7.05 Å². The van der Waals surface area contributed by atoms with E-state index in [1.165, 1.54) is 25.7 Å². The number of rotatable bonds is 5. The molecule has 0 spiro atoms. The number of nitrogens with one attached hydrogen (secondary N) is 2. The predicted molar refractivity (Wildman–Crippen MR) is 79.5 cm³/mol. The van der Waals surface area contributed by atoms with Crippen LogP contribution in [0, 0.1) is 11.3 Å². The highest BCUT2D eigenvalue weighted by Crippen LogP contribution is 2.60. The second-order valence-corrected chi connectivity index (χ2v) is 4.99. The maximum Gasteiger partial charge on any atom is 0.190 e. The highest BCUT2D eigenvalue weighted by Gasteiger charge is 2.53. The predicted octanol–water partition coefficient (Wildman–Crippen LogP) is 2.37. The van der Waals surface area contributed by atoms with Crippen molar-refractivity contribution in [2.45, 2.75) is 39.0 Å². The SMILES string of the molecule is CCCNC(=NC)NCC1(C2CC2)CC1.I. The topological polar surface area (TPSA) is 36.4 Å². The lowest BCUT2D eigenvalue weighted by atomic mass is 10.0. The Bertz CT molecular complexity index is 245. The molecule has 0 aromatic carbocycles. The molecule has 0 aliphatic heterocycles. The van der Waals surface area contributed by atoms with Crippen molar-refractivity contribution in [2.24, 2.45) is 16.3 Å². The van der Waals surface area contributed by atoms with Gasteiger partial charge in [0.15, 0.2) is 5.96 Å². The highest BCUT2D eigenvalue weighted by atomic mass is 127. The summed E-state index contributed by atoms with van der Waals surface area (Å²) in [7, 11) is 1.85. The first-order chi connectivity index (χ1) is 7.30. The van der Waals surface area contributed by atoms with Gasteiger partial charge in [0.2, 0.25) is 0 Å². The number of aliphatic imine (C=N–C) groups is 1. The number of halogens is 1. The van der Waals surface area contributed by atoms with Gasteiger partial charge in [0, 0.05) is 20.1 Å². The Kier molecular flexibility index (Phi) is 5.34. The first-order valence-electron chi connectivity index (χ1n) is 6.25. The second-order valence-electron chi connectivity index (χ2n) is 4.99. The summed E-state index contributed by atoms with van der Waals surface area (Å²) in [5, 5.41) is 6.78. The summed E-state index contributed by atoms with van der Waals surface area (Å²) in [5.41, 5.74) is 0.657. The van der Waals surface area contributed by atoms with E-state index in [9.17, 15) is 0 Å². The van der Waals surface area contributed by atoms with Crippen molar-refractivity contribution in [3.05, 3.63) is 0 Å². The normalized spacial score (nSPS) is 22.2. The lowest BCUT2D eigenvalue weighted by Crippen LogP contribution is -2.40. The summed E-state index contributed by atoms with van der Waals surface area (Å²) in [6.45, 7) is 4.31. The molecule has 4 heteroatoms. The van der Waals surface area contributed by atoms with E-state index >= 15 is 0 Å². The molecular weight excluding hydrogens is 313 g/mol. The van der Waals surface area contributed by atoms with Crippen LogP contribution in [0.25, 0.3) is 0 Å². The van der Waals surface area contributed by atoms with Gasteiger partial charge in [-0.15, -0.1) is 24.0 Å². The molecule has 0 bridgehead atoms. The van der Waals surface area contributed by atoms with E-state index in [4.69, 9.17) is 0 Å². The van der Waals surface area contributed by atoms with Gasteiger partial charge in [0.25, 0.3) is 0 Å². The maximum absolute atomic E-state index is 4.23. The molecule has 3 nitrogen and oxygen atoms in total. The second kappa shape index (κ2) is 6.07. The summed E-state index contributed by atoms with van der Waals surface area (Å²) in [6.07, 6.45) is 6.92. The minimum absolute atomic E-state index is 0. The minimum Gasteiger partial charge on any atom is -0.356 e. The van der Waals surface area contributed by atoms with Crippen LogP contribution in [0.2, 0.25) is 0 Å². The summed E-state index contributed by atoms with van der Waals surface area (Å²) in [5.74, 6) is 2.00. The molecule has 2 aliphatic carbocycles. The van der Waals surface area contributed by atoms with Crippen molar-refractivity contribution in [3.8, 4) is 0 Å². The molecule has 16 heavy (non-hydrogen) atoms. The van der Waals surface area contributed by atoms with Crippen LogP contribution in [0.5, 0.6) is 0 Å². The molecule has 2 fully saturated rings. The van der Waals surface area contributed by atoms with Gasteiger partial charge >= 0.3 is 0 Å². The van der Waals surface area contributed by atoms with Crippen molar-refractivity contribution in [1.82, 2.24) is 10.6 Å². The van der Waals surface area contributed by atoms with E-state index in [2.05, 4.69) is 22.5 Å². The Hall–Kier alpha value is 0. The van der Waals surface area contributed by atoms with Gasteiger partial charge in [-0.2, -0.15) is 0 Å². The zero-order chi connectivity index (χ0) is 10.7. The summed E-state index contributed by atoms with van der Waals surface area (Å²) in [4.78, 5) is 4.23. The fraction of sp³-hybridized carbons (Fsp3) is 0.917. The third kappa shape index (κ3) is 3.50. The summed E-state index contributed by atoms with van der Waals surface area (Å²) in [6, 6.07) is 0. The van der Waals surface area contributed by atoms with Crippen molar-refractivity contribution >= 4 is 29.9 Å². The van der Waals surface area contributed by atoms with E-state index in [-0.39, 0.29) is 24.0 Å². The molecule has 2 rings (SSSR count). The van der Waals surface area contributed by atoms with Crippen molar-refractivity contribution in [2.75, 3.05) is 20.1 Å². The standard InChI is InChI=1S/C12H23N3.HI/c1-3-8-14-11(13-2)15-9-12(6-7-12)10-4-5-10;/h10H,3-9H2,1-2H3,(H2,13,14,15);1H. The number of nitrogens with zero attached hydrogens (tertiary/aromatic N) is 1. The summed E-state index contributed by atoms with van der Waals surface area (Å²) < 4.78 is 0. The summed E-state index contributed by atoms with van der Waals surface area (Å²) >= 11 is 0. The van der Waals surface area contributed by atoms with Crippen molar-refractivity contribution in [1.29, 1.82) is 0 Å². The Morgan fingerprint density at radius 1 is 1.31 bits per heavy atom. The van der Waals surface area contributed by atoms with E-state index in [0.29, 0.717) is 5.41 Å². The molecule has 0 heterocycles. The fourth-order valence-corrected chi connectivity index (χ4v) is 2.31. The maximum atomic E-state index is 4.23. The molecular formula is C12H24IN3. The van der Waals surface area contributed by atoms with Crippen LogP contribution < -0.4 is 10.6 Å². The molecule has 0 radical (unpaired) electrons. The van der Waals surface area contributed by atoms with Crippen molar-refractivity contribution < 1.29 is 0 Å². The smallest absolute Gasteiger partial charge is 0.190 e. The van der Waals surface area contributed by atoms with Gasteiger partial charge in [0.05, 0.1) is 0 Å². The molecule has 0 saturated heterocycles. The quantitative estimate of drug-likeness (QED) is 0.459. The number of guanidine groups is 1. The lowest BCUT2D eigenvalue weighted by Gasteiger charge is -2.17. The Morgan fingerprint density at radius 3 is 2.44 bits per heavy atom. The monoisotopic (exact) mass is 337 g/mol. The van der Waals surface area contributed by atoms with Crippen LogP contribution in [-0.4, -0.2) is 26.1 Å². The zero-order valence-corrected chi connectivity index (χ0v) is 12.7. The molecule has 2 saturated carbocycles. The van der Waals surface area contributed by atoms with Crippen LogP contribution in [0.4, 0.5) is 0 Å². The third-order valence-corrected chi connectivity index (χ3v) is 3.71. The van der Waals surface area contributed by atoms with Gasteiger partial charge in [-0.05, 0) is 43.4 Å². The van der Waals surface area contributed by atoms with Gasteiger partial charge in [-0.1, -0.05) is 6.92 Å². The van der Waals surface area contributed by atoms with Gasteiger partial charge in [-0.3, -0.25) is 4.99 Å². The molecule has 94 valence electrons. The highest BCUT2D eigenvalue weighted by molar-refractivity contribution is 14.0. The third-order valence-electron chi connectivity index (χ3n) is 3.71. The van der Waals surface area contributed by atoms with Crippen LogP contribution in [0.3, 0.4) is 0 Å². The molecule has 0 amide bonds. The van der Waals surface area contributed by atoms with Gasteiger partial charge in [0.1, 0.15) is 0 Å². The Morgan fingerprint density at radius 2 is 2.00 bits per heavy atom. The van der Waals surface area contributed by atoms with Crippen LogP contribution in [0.15, 0.2) is 4.99 Å². The first-order valence-corrected chi connectivity index (χ1v) is 6.25. The van der Waals surface area contributed by atoms with Crippen molar-refractivity contribution in [3.63, 3.8) is 0 Å². The average molecular weight is 337 g/mol. The molecule has 2 N–H and O–H groups in total. The Labute approximate surface area is 116 Å². The van der Waals surface area contributed by atoms with E-state index in [0.717, 1.165) is 31.4 Å². The molecule has 0 aromatic rings. The average Bonchev–Trinajstić information content (AvgIpc) is 3.10. The van der Waals surface area contributed by atoms with Crippen LogP contribution >= 0.6 is 24.0 Å². The molecule has 0 aromatic heterocycles.